The predicted molar refractivity (Wildman–Crippen MR) is 54.7 cm³/mol. The Morgan fingerprint density at radius 3 is 3.17 bits per heavy atom. The van der Waals surface area contributed by atoms with E-state index in [1.54, 1.807) is 0 Å². The van der Waals surface area contributed by atoms with Gasteiger partial charge in [0.1, 0.15) is 0 Å². The van der Waals surface area contributed by atoms with Gasteiger partial charge in [0.25, 0.3) is 0 Å². The molecule has 1 aliphatic carbocycles. The molecule has 1 nitrogen and oxygen atoms in total. The lowest BCUT2D eigenvalue weighted by Crippen LogP contribution is -2.14. The van der Waals surface area contributed by atoms with E-state index in [4.69, 9.17) is 0 Å². The van der Waals surface area contributed by atoms with E-state index in [9.17, 15) is 0 Å². The minimum atomic E-state index is 0.885. The second-order valence-corrected chi connectivity index (χ2v) is 3.62. The third-order valence-electron chi connectivity index (χ3n) is 2.70. The van der Waals surface area contributed by atoms with Crippen molar-refractivity contribution in [3.8, 4) is 0 Å². The molecule has 1 aliphatic rings. The van der Waals surface area contributed by atoms with Crippen LogP contribution in [-0.4, -0.2) is 12.8 Å². The highest BCUT2D eigenvalue weighted by molar-refractivity contribution is 5.85. The Bertz CT molecular complexity index is 170. The molecule has 0 bridgehead atoms. The van der Waals surface area contributed by atoms with Crippen molar-refractivity contribution < 1.29 is 0 Å². The Balaban J connectivity index is 2.30. The molecule has 0 N–H and O–H groups in total. The molecule has 1 heteroatoms. The Labute approximate surface area is 75.6 Å². The Morgan fingerprint density at radius 2 is 2.50 bits per heavy atom. The van der Waals surface area contributed by atoms with Crippen LogP contribution in [0.15, 0.2) is 17.6 Å². The van der Waals surface area contributed by atoms with Crippen molar-refractivity contribution in [1.82, 2.24) is 0 Å². The lowest BCUT2D eigenvalue weighted by atomic mass is 9.85. The van der Waals surface area contributed by atoms with Crippen LogP contribution in [-0.2, 0) is 0 Å². The monoisotopic (exact) mass is 165 g/mol. The molecule has 0 amide bonds. The highest BCUT2D eigenvalue weighted by Gasteiger charge is 2.16. The summed E-state index contributed by atoms with van der Waals surface area (Å²) in [4.78, 5) is 4.30. The average molecular weight is 165 g/mol. The number of hydrogen-bond acceptors (Lipinski definition) is 1. The van der Waals surface area contributed by atoms with Gasteiger partial charge in [-0.15, -0.1) is 6.58 Å². The average Bonchev–Trinajstić information content (AvgIpc) is 2.15. The van der Waals surface area contributed by atoms with Crippen molar-refractivity contribution in [3.63, 3.8) is 0 Å². The van der Waals surface area contributed by atoms with Crippen molar-refractivity contribution in [2.45, 2.75) is 38.5 Å². The SMILES string of the molecule is C=CCCC1CCCC(=NC)C1. The number of hydrogen-bond donors (Lipinski definition) is 0. The molecule has 12 heavy (non-hydrogen) atoms. The quantitative estimate of drug-likeness (QED) is 0.569. The van der Waals surface area contributed by atoms with Crippen LogP contribution in [0.1, 0.15) is 38.5 Å². The second kappa shape index (κ2) is 5.13. The largest absolute Gasteiger partial charge is 0.297 e. The third kappa shape index (κ3) is 2.80. The summed E-state index contributed by atoms with van der Waals surface area (Å²) in [6.45, 7) is 3.75. The zero-order chi connectivity index (χ0) is 8.81. The number of allylic oxidation sites excluding steroid dienone is 1. The van der Waals surface area contributed by atoms with Crippen molar-refractivity contribution in [3.05, 3.63) is 12.7 Å². The molecular formula is C11H19N. The van der Waals surface area contributed by atoms with Gasteiger partial charge in [0.05, 0.1) is 0 Å². The predicted octanol–water partition coefficient (Wildman–Crippen LogP) is 3.21. The summed E-state index contributed by atoms with van der Waals surface area (Å²) < 4.78 is 0. The number of aliphatic imine (C=N–C) groups is 1. The van der Waals surface area contributed by atoms with Gasteiger partial charge in [-0.3, -0.25) is 4.99 Å². The highest BCUT2D eigenvalue weighted by Crippen LogP contribution is 2.25. The van der Waals surface area contributed by atoms with Crippen LogP contribution in [0, 0.1) is 5.92 Å². The smallest absolute Gasteiger partial charge is 0.0276 e. The van der Waals surface area contributed by atoms with Crippen molar-refractivity contribution >= 4 is 5.71 Å². The second-order valence-electron chi connectivity index (χ2n) is 3.62. The Hall–Kier alpha value is -0.590. The molecular weight excluding hydrogens is 146 g/mol. The fraction of sp³-hybridized carbons (Fsp3) is 0.727. The molecule has 0 aromatic heterocycles. The van der Waals surface area contributed by atoms with Crippen molar-refractivity contribution in [2.24, 2.45) is 10.9 Å². The van der Waals surface area contributed by atoms with E-state index in [0.29, 0.717) is 0 Å². The first-order valence-corrected chi connectivity index (χ1v) is 4.92. The molecule has 0 aliphatic heterocycles. The van der Waals surface area contributed by atoms with Gasteiger partial charge in [-0.1, -0.05) is 6.08 Å². The summed E-state index contributed by atoms with van der Waals surface area (Å²) in [5.41, 5.74) is 1.43. The first-order valence-electron chi connectivity index (χ1n) is 4.92. The minimum absolute atomic E-state index is 0.885. The fourth-order valence-corrected chi connectivity index (χ4v) is 1.94. The van der Waals surface area contributed by atoms with Crippen LogP contribution in [0.3, 0.4) is 0 Å². The molecule has 1 atom stereocenters. The molecule has 1 fully saturated rings. The van der Waals surface area contributed by atoms with Crippen LogP contribution in [0.25, 0.3) is 0 Å². The Kier molecular flexibility index (Phi) is 4.06. The maximum atomic E-state index is 4.30. The van der Waals surface area contributed by atoms with E-state index < -0.39 is 0 Å². The van der Waals surface area contributed by atoms with Crippen LogP contribution in [0.5, 0.6) is 0 Å². The maximum absolute atomic E-state index is 4.30. The molecule has 0 heterocycles. The molecule has 0 aromatic carbocycles. The van der Waals surface area contributed by atoms with E-state index in [0.717, 1.165) is 5.92 Å². The zero-order valence-electron chi connectivity index (χ0n) is 8.05. The summed E-state index contributed by atoms with van der Waals surface area (Å²) in [6, 6.07) is 0. The van der Waals surface area contributed by atoms with E-state index in [2.05, 4.69) is 11.6 Å². The van der Waals surface area contributed by atoms with Crippen LogP contribution in [0.4, 0.5) is 0 Å². The minimum Gasteiger partial charge on any atom is -0.297 e. The van der Waals surface area contributed by atoms with Gasteiger partial charge < -0.3 is 0 Å². The molecule has 0 spiro atoms. The van der Waals surface area contributed by atoms with Gasteiger partial charge in [0, 0.05) is 12.8 Å². The van der Waals surface area contributed by atoms with Gasteiger partial charge >= 0.3 is 0 Å². The molecule has 68 valence electrons. The highest BCUT2D eigenvalue weighted by atomic mass is 14.7. The normalized spacial score (nSPS) is 27.4. The fourth-order valence-electron chi connectivity index (χ4n) is 1.94. The van der Waals surface area contributed by atoms with E-state index >= 15 is 0 Å². The summed E-state index contributed by atoms with van der Waals surface area (Å²) in [5.74, 6) is 0.885. The van der Waals surface area contributed by atoms with Crippen molar-refractivity contribution in [1.29, 1.82) is 0 Å². The van der Waals surface area contributed by atoms with E-state index in [1.807, 2.05) is 13.1 Å². The van der Waals surface area contributed by atoms with Gasteiger partial charge in [0.2, 0.25) is 0 Å². The van der Waals surface area contributed by atoms with Gasteiger partial charge in [-0.25, -0.2) is 0 Å². The van der Waals surface area contributed by atoms with E-state index in [1.165, 1.54) is 44.2 Å². The lowest BCUT2D eigenvalue weighted by molar-refractivity contribution is 0.432. The van der Waals surface area contributed by atoms with Crippen molar-refractivity contribution in [2.75, 3.05) is 7.05 Å². The molecule has 1 saturated carbocycles. The number of rotatable bonds is 3. The van der Waals surface area contributed by atoms with Crippen LogP contribution < -0.4 is 0 Å². The first kappa shape index (κ1) is 9.50. The molecule has 1 unspecified atom stereocenters. The van der Waals surface area contributed by atoms with Gasteiger partial charge in [0.15, 0.2) is 0 Å². The maximum Gasteiger partial charge on any atom is 0.0276 e. The molecule has 0 radical (unpaired) electrons. The molecule has 0 aromatic rings. The summed E-state index contributed by atoms with van der Waals surface area (Å²) in [5, 5.41) is 0. The van der Waals surface area contributed by atoms with E-state index in [-0.39, 0.29) is 0 Å². The summed E-state index contributed by atoms with van der Waals surface area (Å²) >= 11 is 0. The molecule has 1 rings (SSSR count). The number of nitrogens with zero attached hydrogens (tertiary/aromatic N) is 1. The first-order chi connectivity index (χ1) is 5.86. The standard InChI is InChI=1S/C11H19N/c1-3-4-6-10-7-5-8-11(9-10)12-2/h3,10H,1,4-9H2,2H3. The van der Waals surface area contributed by atoms with Crippen LogP contribution in [0.2, 0.25) is 0 Å². The summed E-state index contributed by atoms with van der Waals surface area (Å²) in [7, 11) is 1.92. The van der Waals surface area contributed by atoms with Crippen LogP contribution >= 0.6 is 0 Å². The summed E-state index contributed by atoms with van der Waals surface area (Å²) in [6.07, 6.45) is 9.72. The Morgan fingerprint density at radius 1 is 1.67 bits per heavy atom. The third-order valence-corrected chi connectivity index (χ3v) is 2.70. The molecule has 0 saturated heterocycles. The zero-order valence-corrected chi connectivity index (χ0v) is 8.05. The topological polar surface area (TPSA) is 12.4 Å². The van der Waals surface area contributed by atoms with Gasteiger partial charge in [-0.05, 0) is 44.4 Å². The van der Waals surface area contributed by atoms with Gasteiger partial charge in [-0.2, -0.15) is 0 Å². The lowest BCUT2D eigenvalue weighted by Gasteiger charge is -2.22.